The Morgan fingerprint density at radius 1 is 1.33 bits per heavy atom. The Kier molecular flexibility index (Phi) is 4.53. The normalized spacial score (nSPS) is 22.9. The van der Waals surface area contributed by atoms with E-state index in [0.717, 1.165) is 12.1 Å². The first-order valence-corrected chi connectivity index (χ1v) is 8.00. The molecule has 118 valence electrons. The summed E-state index contributed by atoms with van der Waals surface area (Å²) >= 11 is 5.51. The van der Waals surface area contributed by atoms with Gasteiger partial charge in [0.1, 0.15) is 0 Å². The highest BCUT2D eigenvalue weighted by Gasteiger charge is 2.38. The van der Waals surface area contributed by atoms with Gasteiger partial charge >= 0.3 is 6.18 Å². The van der Waals surface area contributed by atoms with Crippen molar-refractivity contribution in [1.82, 2.24) is 4.72 Å². The van der Waals surface area contributed by atoms with Gasteiger partial charge in [-0.25, -0.2) is 13.1 Å². The molecule has 0 spiro atoms. The van der Waals surface area contributed by atoms with Gasteiger partial charge in [-0.1, -0.05) is 11.6 Å². The zero-order chi connectivity index (χ0) is 15.8. The summed E-state index contributed by atoms with van der Waals surface area (Å²) in [6.07, 6.45) is -4.40. The molecule has 1 fully saturated rings. The molecule has 1 aromatic rings. The van der Waals surface area contributed by atoms with Crippen LogP contribution >= 0.6 is 11.6 Å². The lowest BCUT2D eigenvalue weighted by Crippen LogP contribution is -2.38. The van der Waals surface area contributed by atoms with E-state index in [1.807, 2.05) is 0 Å². The molecule has 0 amide bonds. The molecule has 0 aliphatic heterocycles. The molecule has 1 aliphatic carbocycles. The molecule has 4 nitrogen and oxygen atoms in total. The molecule has 0 saturated heterocycles. The predicted molar refractivity (Wildman–Crippen MR) is 70.4 cm³/mol. The van der Waals surface area contributed by atoms with Crippen molar-refractivity contribution in [2.45, 2.75) is 30.0 Å². The van der Waals surface area contributed by atoms with E-state index < -0.39 is 32.8 Å². The molecule has 2 rings (SSSR count). The van der Waals surface area contributed by atoms with Gasteiger partial charge in [0.15, 0.2) is 0 Å². The van der Waals surface area contributed by atoms with Gasteiger partial charge in [-0.2, -0.15) is 13.2 Å². The van der Waals surface area contributed by atoms with Crippen molar-refractivity contribution in [1.29, 1.82) is 0 Å². The molecule has 9 heteroatoms. The lowest BCUT2D eigenvalue weighted by atomic mass is 9.83. The van der Waals surface area contributed by atoms with E-state index in [4.69, 9.17) is 16.7 Å². The summed E-state index contributed by atoms with van der Waals surface area (Å²) < 4.78 is 64.9. The van der Waals surface area contributed by atoms with Crippen LogP contribution in [0.2, 0.25) is 5.02 Å². The van der Waals surface area contributed by atoms with Crippen LogP contribution in [0.25, 0.3) is 0 Å². The molecular formula is C12H13ClF3NO3S. The molecule has 0 unspecified atom stereocenters. The number of halogens is 4. The molecule has 2 N–H and O–H groups in total. The fourth-order valence-electron chi connectivity index (χ4n) is 2.13. The van der Waals surface area contributed by atoms with Crippen molar-refractivity contribution in [2.75, 3.05) is 6.54 Å². The quantitative estimate of drug-likeness (QED) is 0.882. The van der Waals surface area contributed by atoms with E-state index in [9.17, 15) is 21.6 Å². The van der Waals surface area contributed by atoms with E-state index >= 15 is 0 Å². The minimum Gasteiger partial charge on any atom is -0.393 e. The Labute approximate surface area is 125 Å². The summed E-state index contributed by atoms with van der Waals surface area (Å²) in [5, 5.41) is 8.91. The van der Waals surface area contributed by atoms with Crippen molar-refractivity contribution in [2.24, 2.45) is 5.92 Å². The maximum Gasteiger partial charge on any atom is 0.417 e. The van der Waals surface area contributed by atoms with Crippen LogP contribution in [0, 0.1) is 5.92 Å². The molecule has 0 aromatic heterocycles. The highest BCUT2D eigenvalue weighted by atomic mass is 35.5. The number of rotatable bonds is 4. The van der Waals surface area contributed by atoms with Crippen molar-refractivity contribution in [3.05, 3.63) is 28.8 Å². The Morgan fingerprint density at radius 2 is 1.95 bits per heavy atom. The highest BCUT2D eigenvalue weighted by Crippen LogP contribution is 2.36. The van der Waals surface area contributed by atoms with E-state index in [2.05, 4.69) is 4.72 Å². The predicted octanol–water partition coefficient (Wildman–Crippen LogP) is 2.41. The SMILES string of the molecule is O=S(=O)(NCC1CC(O)C1)c1ccc(Cl)cc1C(F)(F)F. The maximum atomic E-state index is 12.9. The van der Waals surface area contributed by atoms with Crippen LogP contribution in [-0.2, 0) is 16.2 Å². The molecule has 1 aliphatic rings. The number of aliphatic hydroxyl groups excluding tert-OH is 1. The summed E-state index contributed by atoms with van der Waals surface area (Å²) in [7, 11) is -4.29. The molecule has 0 radical (unpaired) electrons. The lowest BCUT2D eigenvalue weighted by molar-refractivity contribution is -0.139. The van der Waals surface area contributed by atoms with Gasteiger partial charge in [0.05, 0.1) is 16.6 Å². The third-order valence-electron chi connectivity index (χ3n) is 3.31. The first-order chi connectivity index (χ1) is 9.59. The van der Waals surface area contributed by atoms with E-state index in [0.29, 0.717) is 18.9 Å². The topological polar surface area (TPSA) is 66.4 Å². The van der Waals surface area contributed by atoms with Gasteiger partial charge in [0, 0.05) is 11.6 Å². The highest BCUT2D eigenvalue weighted by molar-refractivity contribution is 7.89. The molecule has 1 aromatic carbocycles. The Bertz CT molecular complexity index is 627. The summed E-state index contributed by atoms with van der Waals surface area (Å²) in [4.78, 5) is -0.848. The average molecular weight is 344 g/mol. The number of alkyl halides is 3. The number of sulfonamides is 1. The third-order valence-corrected chi connectivity index (χ3v) is 5.03. The van der Waals surface area contributed by atoms with Gasteiger partial charge in [-0.15, -0.1) is 0 Å². The summed E-state index contributed by atoms with van der Waals surface area (Å²) in [5.41, 5.74) is -1.30. The third kappa shape index (κ3) is 3.88. The van der Waals surface area contributed by atoms with Gasteiger partial charge in [-0.05, 0) is 37.0 Å². The minimum atomic E-state index is -4.82. The largest absolute Gasteiger partial charge is 0.417 e. The molecule has 0 bridgehead atoms. The van der Waals surface area contributed by atoms with Crippen LogP contribution < -0.4 is 4.72 Å². The molecule has 0 atom stereocenters. The van der Waals surface area contributed by atoms with Crippen molar-refractivity contribution in [3.8, 4) is 0 Å². The van der Waals surface area contributed by atoms with Crippen molar-refractivity contribution < 1.29 is 26.7 Å². The van der Waals surface area contributed by atoms with Crippen LogP contribution in [-0.4, -0.2) is 26.2 Å². The van der Waals surface area contributed by atoms with E-state index in [1.54, 1.807) is 0 Å². The Morgan fingerprint density at radius 3 is 2.48 bits per heavy atom. The van der Waals surface area contributed by atoms with E-state index in [-0.39, 0.29) is 17.5 Å². The first-order valence-electron chi connectivity index (χ1n) is 6.14. The second kappa shape index (κ2) is 5.75. The first kappa shape index (κ1) is 16.5. The number of hydrogen-bond acceptors (Lipinski definition) is 3. The van der Waals surface area contributed by atoms with Crippen molar-refractivity contribution >= 4 is 21.6 Å². The average Bonchev–Trinajstić information content (AvgIpc) is 2.32. The molecular weight excluding hydrogens is 331 g/mol. The lowest BCUT2D eigenvalue weighted by Gasteiger charge is -2.31. The summed E-state index contributed by atoms with van der Waals surface area (Å²) in [6, 6.07) is 2.52. The zero-order valence-electron chi connectivity index (χ0n) is 10.7. The number of aliphatic hydroxyl groups is 1. The fraction of sp³-hybridized carbons (Fsp3) is 0.500. The number of nitrogens with one attached hydrogen (secondary N) is 1. The second-order valence-electron chi connectivity index (χ2n) is 4.98. The van der Waals surface area contributed by atoms with Gasteiger partial charge in [0.2, 0.25) is 10.0 Å². The van der Waals surface area contributed by atoms with E-state index in [1.165, 1.54) is 0 Å². The number of benzene rings is 1. The standard InChI is InChI=1S/C12H13ClF3NO3S/c13-8-1-2-11(10(5-8)12(14,15)16)21(19,20)17-6-7-3-9(18)4-7/h1-2,5,7,9,17-18H,3-4,6H2. The minimum absolute atomic E-state index is 0.000678. The van der Waals surface area contributed by atoms with Crippen LogP contribution in [0.5, 0.6) is 0 Å². The molecule has 21 heavy (non-hydrogen) atoms. The second-order valence-corrected chi connectivity index (χ2v) is 7.15. The molecule has 1 saturated carbocycles. The smallest absolute Gasteiger partial charge is 0.393 e. The monoisotopic (exact) mass is 343 g/mol. The summed E-state index contributed by atoms with van der Waals surface area (Å²) in [6.45, 7) is -0.000678. The number of hydrogen-bond donors (Lipinski definition) is 2. The molecule has 0 heterocycles. The Hall–Kier alpha value is -0.830. The maximum absolute atomic E-state index is 12.9. The van der Waals surface area contributed by atoms with Gasteiger partial charge in [-0.3, -0.25) is 0 Å². The Balaban J connectivity index is 2.23. The van der Waals surface area contributed by atoms with Gasteiger partial charge < -0.3 is 5.11 Å². The zero-order valence-corrected chi connectivity index (χ0v) is 12.3. The fourth-order valence-corrected chi connectivity index (χ4v) is 3.62. The summed E-state index contributed by atoms with van der Waals surface area (Å²) in [5.74, 6) is -0.0589. The van der Waals surface area contributed by atoms with Crippen molar-refractivity contribution in [3.63, 3.8) is 0 Å². The van der Waals surface area contributed by atoms with Crippen LogP contribution in [0.1, 0.15) is 18.4 Å². The van der Waals surface area contributed by atoms with Crippen LogP contribution in [0.4, 0.5) is 13.2 Å². The van der Waals surface area contributed by atoms with Gasteiger partial charge in [0.25, 0.3) is 0 Å². The van der Waals surface area contributed by atoms with Crippen LogP contribution in [0.3, 0.4) is 0 Å². The van der Waals surface area contributed by atoms with Crippen LogP contribution in [0.15, 0.2) is 23.1 Å².